The van der Waals surface area contributed by atoms with Gasteiger partial charge in [-0.1, -0.05) is 44.4 Å². The maximum atomic E-state index is 12.9. The zero-order chi connectivity index (χ0) is 14.5. The molecule has 108 valence electrons. The number of hydrogen-bond donors (Lipinski definition) is 1. The summed E-state index contributed by atoms with van der Waals surface area (Å²) in [6.07, 6.45) is -0.779. The quantitative estimate of drug-likeness (QED) is 0.705. The van der Waals surface area contributed by atoms with Crippen LogP contribution in [-0.4, -0.2) is 6.04 Å². The molecule has 0 aliphatic carbocycles. The van der Waals surface area contributed by atoms with Crippen LogP contribution in [-0.2, 0) is 6.18 Å². The lowest BCUT2D eigenvalue weighted by Crippen LogP contribution is -2.21. The third-order valence-corrected chi connectivity index (χ3v) is 3.38. The fourth-order valence-electron chi connectivity index (χ4n) is 1.94. The number of alkyl halides is 3. The lowest BCUT2D eigenvalue weighted by molar-refractivity contribution is -0.137. The summed E-state index contributed by atoms with van der Waals surface area (Å²) < 4.78 is 38.8. The van der Waals surface area contributed by atoms with E-state index in [9.17, 15) is 13.2 Å². The Morgan fingerprint density at radius 2 is 1.95 bits per heavy atom. The van der Waals surface area contributed by atoms with Gasteiger partial charge in [-0.25, -0.2) is 0 Å². The summed E-state index contributed by atoms with van der Waals surface area (Å²) in [7, 11) is 0. The molecule has 0 bridgehead atoms. The number of rotatable bonds is 6. The summed E-state index contributed by atoms with van der Waals surface area (Å²) in [5, 5.41) is 3.07. The van der Waals surface area contributed by atoms with Crippen molar-refractivity contribution in [1.29, 1.82) is 0 Å². The molecule has 0 saturated heterocycles. The van der Waals surface area contributed by atoms with Crippen LogP contribution in [0.3, 0.4) is 0 Å². The van der Waals surface area contributed by atoms with Gasteiger partial charge in [-0.15, -0.1) is 0 Å². The number of anilines is 1. The van der Waals surface area contributed by atoms with Gasteiger partial charge >= 0.3 is 6.18 Å². The first-order chi connectivity index (χ1) is 8.90. The Morgan fingerprint density at radius 1 is 1.26 bits per heavy atom. The molecule has 0 amide bonds. The second kappa shape index (κ2) is 7.04. The van der Waals surface area contributed by atoms with Crippen LogP contribution in [0.25, 0.3) is 0 Å². The highest BCUT2D eigenvalue weighted by atomic mass is 35.5. The Labute approximate surface area is 117 Å². The summed E-state index contributed by atoms with van der Waals surface area (Å²) in [6, 6.07) is 3.87. The highest BCUT2D eigenvalue weighted by molar-refractivity contribution is 6.33. The molecule has 1 nitrogen and oxygen atoms in total. The molecule has 1 N–H and O–H groups in total. The zero-order valence-electron chi connectivity index (χ0n) is 11.1. The molecule has 0 aromatic heterocycles. The van der Waals surface area contributed by atoms with Gasteiger partial charge in [-0.05, 0) is 25.0 Å². The SMILES string of the molecule is CCCCC(CC)Nc1c(Cl)cccc1C(F)(F)F. The van der Waals surface area contributed by atoms with Crippen LogP contribution in [0.4, 0.5) is 18.9 Å². The minimum Gasteiger partial charge on any atom is -0.381 e. The second-order valence-corrected chi connectivity index (χ2v) is 4.96. The lowest BCUT2D eigenvalue weighted by atomic mass is 10.1. The van der Waals surface area contributed by atoms with Crippen molar-refractivity contribution < 1.29 is 13.2 Å². The number of hydrogen-bond acceptors (Lipinski definition) is 1. The van der Waals surface area contributed by atoms with E-state index in [2.05, 4.69) is 12.2 Å². The summed E-state index contributed by atoms with van der Waals surface area (Å²) in [6.45, 7) is 4.01. The van der Waals surface area contributed by atoms with Crippen LogP contribution in [0.15, 0.2) is 18.2 Å². The molecule has 0 fully saturated rings. The van der Waals surface area contributed by atoms with Crippen molar-refractivity contribution in [2.45, 2.75) is 51.7 Å². The van der Waals surface area contributed by atoms with Crippen LogP contribution in [0.1, 0.15) is 45.1 Å². The van der Waals surface area contributed by atoms with E-state index in [0.717, 1.165) is 31.7 Å². The highest BCUT2D eigenvalue weighted by Crippen LogP contribution is 2.39. The molecule has 0 aliphatic heterocycles. The molecule has 1 aromatic rings. The molecule has 0 spiro atoms. The van der Waals surface area contributed by atoms with Crippen molar-refractivity contribution in [1.82, 2.24) is 0 Å². The maximum Gasteiger partial charge on any atom is 0.418 e. The standard InChI is InChI=1S/C14H19ClF3N/c1-3-5-7-10(4-2)19-13-11(14(16,17)18)8-6-9-12(13)15/h6,8-10,19H,3-5,7H2,1-2H3. The summed E-state index contributed by atoms with van der Waals surface area (Å²) in [5.74, 6) is 0. The van der Waals surface area contributed by atoms with E-state index in [-0.39, 0.29) is 16.8 Å². The molecule has 0 heterocycles. The third kappa shape index (κ3) is 4.60. The number of para-hydroxylation sites is 1. The Balaban J connectivity index is 2.98. The predicted molar refractivity (Wildman–Crippen MR) is 73.7 cm³/mol. The van der Waals surface area contributed by atoms with Gasteiger partial charge in [0.1, 0.15) is 0 Å². The molecule has 5 heteroatoms. The number of halogens is 4. The van der Waals surface area contributed by atoms with Gasteiger partial charge in [0.25, 0.3) is 0 Å². The molecule has 1 atom stereocenters. The monoisotopic (exact) mass is 293 g/mol. The third-order valence-electron chi connectivity index (χ3n) is 3.07. The number of unbranched alkanes of at least 4 members (excludes halogenated alkanes) is 1. The normalized spacial score (nSPS) is 13.4. The van der Waals surface area contributed by atoms with Crippen molar-refractivity contribution in [3.63, 3.8) is 0 Å². The molecule has 1 aromatic carbocycles. The van der Waals surface area contributed by atoms with Crippen molar-refractivity contribution in [2.24, 2.45) is 0 Å². The Morgan fingerprint density at radius 3 is 2.47 bits per heavy atom. The molecule has 0 aliphatic rings. The van der Waals surface area contributed by atoms with Crippen LogP contribution in [0, 0.1) is 0 Å². The van der Waals surface area contributed by atoms with E-state index >= 15 is 0 Å². The molecule has 1 unspecified atom stereocenters. The maximum absolute atomic E-state index is 12.9. The van der Waals surface area contributed by atoms with Crippen molar-refractivity contribution >= 4 is 17.3 Å². The topological polar surface area (TPSA) is 12.0 Å². The summed E-state index contributed by atoms with van der Waals surface area (Å²) in [4.78, 5) is 0. The molecule has 19 heavy (non-hydrogen) atoms. The average Bonchev–Trinajstić information content (AvgIpc) is 2.34. The van der Waals surface area contributed by atoms with Gasteiger partial charge in [-0.3, -0.25) is 0 Å². The van der Waals surface area contributed by atoms with Gasteiger partial charge in [-0.2, -0.15) is 13.2 Å². The minimum atomic E-state index is -4.39. The summed E-state index contributed by atoms with van der Waals surface area (Å²) >= 11 is 5.91. The van der Waals surface area contributed by atoms with Gasteiger partial charge in [0.2, 0.25) is 0 Å². The van der Waals surface area contributed by atoms with Crippen molar-refractivity contribution in [3.05, 3.63) is 28.8 Å². The van der Waals surface area contributed by atoms with Crippen LogP contribution >= 0.6 is 11.6 Å². The van der Waals surface area contributed by atoms with Crippen molar-refractivity contribution in [2.75, 3.05) is 5.32 Å². The smallest absolute Gasteiger partial charge is 0.381 e. The van der Waals surface area contributed by atoms with E-state index < -0.39 is 11.7 Å². The van der Waals surface area contributed by atoms with Gasteiger partial charge in [0.05, 0.1) is 16.3 Å². The molecule has 0 saturated carbocycles. The van der Waals surface area contributed by atoms with E-state index in [1.807, 2.05) is 6.92 Å². The fraction of sp³-hybridized carbons (Fsp3) is 0.571. The van der Waals surface area contributed by atoms with Gasteiger partial charge < -0.3 is 5.32 Å². The first kappa shape index (κ1) is 16.2. The molecule has 1 rings (SSSR count). The largest absolute Gasteiger partial charge is 0.418 e. The number of benzene rings is 1. The lowest BCUT2D eigenvalue weighted by Gasteiger charge is -2.22. The van der Waals surface area contributed by atoms with E-state index in [1.165, 1.54) is 12.1 Å². The summed E-state index contributed by atoms with van der Waals surface area (Å²) in [5.41, 5.74) is -0.699. The first-order valence-corrected chi connectivity index (χ1v) is 6.90. The van der Waals surface area contributed by atoms with E-state index in [4.69, 9.17) is 11.6 Å². The fourth-order valence-corrected chi connectivity index (χ4v) is 2.17. The van der Waals surface area contributed by atoms with Crippen LogP contribution < -0.4 is 5.32 Å². The molecule has 0 radical (unpaired) electrons. The molecular weight excluding hydrogens is 275 g/mol. The number of nitrogens with one attached hydrogen (secondary N) is 1. The van der Waals surface area contributed by atoms with E-state index in [1.54, 1.807) is 0 Å². The van der Waals surface area contributed by atoms with Gasteiger partial charge in [0, 0.05) is 6.04 Å². The Hall–Kier alpha value is -0.900. The van der Waals surface area contributed by atoms with Gasteiger partial charge in [0.15, 0.2) is 0 Å². The van der Waals surface area contributed by atoms with Crippen LogP contribution in [0.5, 0.6) is 0 Å². The first-order valence-electron chi connectivity index (χ1n) is 6.52. The van der Waals surface area contributed by atoms with E-state index in [0.29, 0.717) is 0 Å². The van der Waals surface area contributed by atoms with Crippen molar-refractivity contribution in [3.8, 4) is 0 Å². The second-order valence-electron chi connectivity index (χ2n) is 4.55. The predicted octanol–water partition coefficient (Wildman–Crippen LogP) is 5.74. The minimum absolute atomic E-state index is 0.000352. The Kier molecular flexibility index (Phi) is 5.98. The highest BCUT2D eigenvalue weighted by Gasteiger charge is 2.34. The zero-order valence-corrected chi connectivity index (χ0v) is 11.9. The Bertz CT molecular complexity index is 404. The molecular formula is C14H19ClF3N. The average molecular weight is 294 g/mol. The van der Waals surface area contributed by atoms with Crippen LogP contribution in [0.2, 0.25) is 5.02 Å².